The fourth-order valence-corrected chi connectivity index (χ4v) is 5.72. The Hall–Kier alpha value is -4.48. The van der Waals surface area contributed by atoms with Crippen molar-refractivity contribution in [2.75, 3.05) is 59.4 Å². The Balaban J connectivity index is 1.70. The molecule has 0 aromatic heterocycles. The molecule has 12 nitrogen and oxygen atoms in total. The van der Waals surface area contributed by atoms with Crippen LogP contribution in [-0.4, -0.2) is 87.9 Å². The van der Waals surface area contributed by atoms with E-state index in [1.165, 1.54) is 20.1 Å². The second-order valence-corrected chi connectivity index (χ2v) is 10.5. The predicted octanol–water partition coefficient (Wildman–Crippen LogP) is 2.96. The first kappa shape index (κ1) is 31.5. The molecule has 2 atom stereocenters. The summed E-state index contributed by atoms with van der Waals surface area (Å²) < 4.78 is 22.1. The van der Waals surface area contributed by atoms with Crippen LogP contribution < -0.4 is 30.3 Å². The second-order valence-electron chi connectivity index (χ2n) is 10.5. The normalized spacial score (nSPS) is 16.6. The number of carbonyl (C=O) groups is 3. The first-order valence-electron chi connectivity index (χ1n) is 14.4. The summed E-state index contributed by atoms with van der Waals surface area (Å²) in [6.45, 7) is 6.66. The number of anilines is 1. The van der Waals surface area contributed by atoms with Gasteiger partial charge in [0.1, 0.15) is 6.04 Å². The maximum Gasteiger partial charge on any atom is 0.409 e. The third-order valence-corrected chi connectivity index (χ3v) is 7.78. The molecule has 43 heavy (non-hydrogen) atoms. The maximum atomic E-state index is 13.6. The Morgan fingerprint density at radius 3 is 2.26 bits per heavy atom. The molecular weight excluding hydrogens is 556 g/mol. The lowest BCUT2D eigenvalue weighted by atomic mass is 9.95. The Labute approximate surface area is 251 Å². The molecule has 3 amide bonds. The fraction of sp³-hybridized carbons (Fsp3) is 0.484. The van der Waals surface area contributed by atoms with Crippen molar-refractivity contribution in [1.29, 1.82) is 0 Å². The zero-order valence-electron chi connectivity index (χ0n) is 25.6. The van der Waals surface area contributed by atoms with Gasteiger partial charge in [-0.1, -0.05) is 6.07 Å². The molecule has 2 aromatic carbocycles. The average molecular weight is 597 g/mol. The summed E-state index contributed by atoms with van der Waals surface area (Å²) in [5, 5.41) is 6.09. The lowest BCUT2D eigenvalue weighted by Gasteiger charge is -2.35. The smallest absolute Gasteiger partial charge is 0.409 e. The fourth-order valence-electron chi connectivity index (χ4n) is 5.72. The lowest BCUT2D eigenvalue weighted by molar-refractivity contribution is -0.133. The van der Waals surface area contributed by atoms with E-state index in [0.29, 0.717) is 74.0 Å². The van der Waals surface area contributed by atoms with Crippen molar-refractivity contribution in [3.63, 3.8) is 0 Å². The summed E-state index contributed by atoms with van der Waals surface area (Å²) in [6, 6.07) is 5.72. The third-order valence-electron chi connectivity index (χ3n) is 7.78. The number of benzene rings is 1. The van der Waals surface area contributed by atoms with Crippen LogP contribution in [0.3, 0.4) is 0 Å². The SMILES string of the molecule is CCOC(=O)N1CCN(C(=O)C(C)Nc2ccc3c(cc2=O)C(NC(C)=O)CCc2cc(OC)c(OC)c(OC)c2-3)CC1. The molecule has 232 valence electrons. The molecule has 1 aliphatic heterocycles. The monoisotopic (exact) mass is 596 g/mol. The number of rotatable bonds is 8. The summed E-state index contributed by atoms with van der Waals surface area (Å²) in [6.07, 6.45) is 0.737. The number of fused-ring (bicyclic) bond motifs is 3. The summed E-state index contributed by atoms with van der Waals surface area (Å²) in [7, 11) is 4.63. The van der Waals surface area contributed by atoms with E-state index in [1.54, 1.807) is 43.9 Å². The van der Waals surface area contributed by atoms with Gasteiger partial charge in [-0.25, -0.2) is 4.79 Å². The van der Waals surface area contributed by atoms with Crippen molar-refractivity contribution in [3.8, 4) is 28.4 Å². The molecule has 0 saturated carbocycles. The van der Waals surface area contributed by atoms with Crippen molar-refractivity contribution >= 4 is 23.6 Å². The largest absolute Gasteiger partial charge is 0.493 e. The Morgan fingerprint density at radius 1 is 0.977 bits per heavy atom. The van der Waals surface area contributed by atoms with Crippen LogP contribution in [0.5, 0.6) is 17.2 Å². The molecule has 2 aliphatic rings. The number of piperazine rings is 1. The second kappa shape index (κ2) is 13.7. The predicted molar refractivity (Wildman–Crippen MR) is 161 cm³/mol. The lowest BCUT2D eigenvalue weighted by Crippen LogP contribution is -2.53. The van der Waals surface area contributed by atoms with Crippen LogP contribution in [0.1, 0.15) is 44.4 Å². The highest BCUT2D eigenvalue weighted by Gasteiger charge is 2.31. The van der Waals surface area contributed by atoms with Gasteiger partial charge in [-0.15, -0.1) is 0 Å². The van der Waals surface area contributed by atoms with Crippen molar-refractivity contribution in [3.05, 3.63) is 45.6 Å². The number of carbonyl (C=O) groups excluding carboxylic acids is 3. The van der Waals surface area contributed by atoms with Crippen molar-refractivity contribution in [2.45, 2.75) is 45.7 Å². The number of aryl methyl sites for hydroxylation is 1. The number of amides is 3. The van der Waals surface area contributed by atoms with Gasteiger partial charge in [0, 0.05) is 38.7 Å². The number of ether oxygens (including phenoxy) is 4. The summed E-state index contributed by atoms with van der Waals surface area (Å²) in [5.41, 5.74) is 2.90. The highest BCUT2D eigenvalue weighted by atomic mass is 16.6. The minimum Gasteiger partial charge on any atom is -0.493 e. The van der Waals surface area contributed by atoms with Gasteiger partial charge in [0.05, 0.1) is 39.7 Å². The molecule has 12 heteroatoms. The van der Waals surface area contributed by atoms with Gasteiger partial charge in [0.25, 0.3) is 0 Å². The van der Waals surface area contributed by atoms with Gasteiger partial charge >= 0.3 is 6.09 Å². The van der Waals surface area contributed by atoms with Crippen LogP contribution in [-0.2, 0) is 20.7 Å². The van der Waals surface area contributed by atoms with Gasteiger partial charge in [0.2, 0.25) is 23.0 Å². The molecule has 0 spiro atoms. The first-order valence-corrected chi connectivity index (χ1v) is 14.4. The number of nitrogens with zero attached hydrogens (tertiary/aromatic N) is 2. The number of hydrogen-bond donors (Lipinski definition) is 2. The third kappa shape index (κ3) is 6.63. The van der Waals surface area contributed by atoms with E-state index >= 15 is 0 Å². The van der Waals surface area contributed by atoms with E-state index in [9.17, 15) is 19.2 Å². The molecule has 2 unspecified atom stereocenters. The topological polar surface area (TPSA) is 136 Å². The van der Waals surface area contributed by atoms with Crippen LogP contribution in [0.15, 0.2) is 29.1 Å². The summed E-state index contributed by atoms with van der Waals surface area (Å²) >= 11 is 0. The highest BCUT2D eigenvalue weighted by molar-refractivity contribution is 5.86. The Morgan fingerprint density at radius 2 is 1.65 bits per heavy atom. The zero-order valence-corrected chi connectivity index (χ0v) is 25.6. The minimum atomic E-state index is -0.707. The van der Waals surface area contributed by atoms with Gasteiger partial charge in [-0.3, -0.25) is 14.4 Å². The standard InChI is InChI=1S/C31H40N4O8/c1-7-43-31(39)35-14-12-34(13-15-35)30(38)18(2)32-24-11-9-21-22(17-25(24)37)23(33-19(3)36)10-8-20-16-26(40-4)28(41-5)29(42-6)27(20)21/h9,11,16-18,23H,7-8,10,12-15H2,1-6H3,(H,32,37)(H,33,36). The first-order chi connectivity index (χ1) is 20.6. The van der Waals surface area contributed by atoms with Gasteiger partial charge < -0.3 is 39.4 Å². The molecule has 4 rings (SSSR count). The van der Waals surface area contributed by atoms with Gasteiger partial charge in [0.15, 0.2) is 11.5 Å². The molecule has 0 bridgehead atoms. The van der Waals surface area contributed by atoms with Crippen molar-refractivity contribution < 1.29 is 33.3 Å². The molecule has 2 aromatic rings. The van der Waals surface area contributed by atoms with Crippen LogP contribution in [0.4, 0.5) is 10.5 Å². The van der Waals surface area contributed by atoms with E-state index < -0.39 is 12.1 Å². The molecule has 1 fully saturated rings. The molecular formula is C31H40N4O8. The molecule has 1 aliphatic carbocycles. The zero-order chi connectivity index (χ0) is 31.3. The number of hydrogen-bond acceptors (Lipinski definition) is 9. The van der Waals surface area contributed by atoms with Gasteiger partial charge in [-0.05, 0) is 61.6 Å². The molecule has 1 saturated heterocycles. The van der Waals surface area contributed by atoms with E-state index in [4.69, 9.17) is 18.9 Å². The Kier molecular flexibility index (Phi) is 9.99. The Bertz CT molecular complexity index is 1440. The summed E-state index contributed by atoms with van der Waals surface area (Å²) in [5.74, 6) is 0.988. The van der Waals surface area contributed by atoms with Crippen LogP contribution in [0.2, 0.25) is 0 Å². The van der Waals surface area contributed by atoms with Crippen molar-refractivity contribution in [2.24, 2.45) is 0 Å². The van der Waals surface area contributed by atoms with Crippen LogP contribution in [0, 0.1) is 0 Å². The van der Waals surface area contributed by atoms with Crippen molar-refractivity contribution in [1.82, 2.24) is 15.1 Å². The van der Waals surface area contributed by atoms with Gasteiger partial charge in [-0.2, -0.15) is 0 Å². The quantitative estimate of drug-likeness (QED) is 0.472. The van der Waals surface area contributed by atoms with Crippen LogP contribution >= 0.6 is 0 Å². The van der Waals surface area contributed by atoms with E-state index in [-0.39, 0.29) is 29.0 Å². The van der Waals surface area contributed by atoms with Crippen LogP contribution in [0.25, 0.3) is 11.1 Å². The van der Waals surface area contributed by atoms with E-state index in [1.807, 2.05) is 12.1 Å². The van der Waals surface area contributed by atoms with E-state index in [0.717, 1.165) is 11.1 Å². The number of nitrogens with one attached hydrogen (secondary N) is 2. The van der Waals surface area contributed by atoms with E-state index in [2.05, 4.69) is 10.6 Å². The molecule has 1 heterocycles. The average Bonchev–Trinajstić information content (AvgIpc) is 3.24. The summed E-state index contributed by atoms with van der Waals surface area (Å²) in [4.78, 5) is 54.3. The maximum absolute atomic E-state index is 13.6. The highest BCUT2D eigenvalue weighted by Crippen LogP contribution is 2.50. The number of methoxy groups -OCH3 is 3. The molecule has 0 radical (unpaired) electrons. The minimum absolute atomic E-state index is 0.184. The molecule has 2 N–H and O–H groups in total.